The van der Waals surface area contributed by atoms with E-state index in [-0.39, 0.29) is 18.2 Å². The van der Waals surface area contributed by atoms with E-state index in [1.165, 1.54) is 0 Å². The average Bonchev–Trinajstić information content (AvgIpc) is 3.35. The normalized spacial score (nSPS) is 12.6. The first-order valence-corrected chi connectivity index (χ1v) is 13.0. The van der Waals surface area contributed by atoms with Gasteiger partial charge in [0.2, 0.25) is 17.7 Å². The summed E-state index contributed by atoms with van der Waals surface area (Å²) in [5.41, 5.74) is 15.1. The number of benzene rings is 2. The second-order valence-electron chi connectivity index (χ2n) is 9.48. The van der Waals surface area contributed by atoms with Crippen LogP contribution in [0.15, 0.2) is 47.0 Å². The number of phenols is 1. The summed E-state index contributed by atoms with van der Waals surface area (Å²) < 4.78 is 5.55. The van der Waals surface area contributed by atoms with Crippen molar-refractivity contribution < 1.29 is 19.2 Å². The lowest BCUT2D eigenvalue weighted by Gasteiger charge is -2.22. The minimum Gasteiger partial charge on any atom is -0.508 e. The van der Waals surface area contributed by atoms with Crippen molar-refractivity contribution in [2.75, 3.05) is 13.1 Å². The van der Waals surface area contributed by atoms with Crippen LogP contribution in [-0.4, -0.2) is 46.2 Å². The number of hydrogen-bond acceptors (Lipinski definition) is 8. The van der Waals surface area contributed by atoms with Crippen molar-refractivity contribution in [2.24, 2.45) is 11.5 Å². The van der Waals surface area contributed by atoms with Crippen molar-refractivity contribution in [1.29, 1.82) is 0 Å². The number of aromatic nitrogens is 2. The summed E-state index contributed by atoms with van der Waals surface area (Å²) in [5, 5.41) is 19.7. The molecule has 10 nitrogen and oxygen atoms in total. The van der Waals surface area contributed by atoms with Crippen LogP contribution in [0.4, 0.5) is 0 Å². The van der Waals surface area contributed by atoms with Gasteiger partial charge in [-0.05, 0) is 86.9 Å². The van der Waals surface area contributed by atoms with Gasteiger partial charge >= 0.3 is 0 Å². The molecule has 1 aromatic heterocycles. The maximum atomic E-state index is 13.4. The Bertz CT molecular complexity index is 1170. The van der Waals surface area contributed by atoms with Crippen molar-refractivity contribution in [2.45, 2.75) is 64.5 Å². The van der Waals surface area contributed by atoms with E-state index in [2.05, 4.69) is 20.8 Å². The number of hydrogen-bond donors (Lipinski definition) is 5. The van der Waals surface area contributed by atoms with E-state index in [1.807, 2.05) is 44.2 Å². The van der Waals surface area contributed by atoms with Gasteiger partial charge in [0.05, 0.1) is 6.54 Å². The molecule has 38 heavy (non-hydrogen) atoms. The zero-order valence-electron chi connectivity index (χ0n) is 22.1. The molecular formula is C28H38N6O4. The topological polar surface area (TPSA) is 169 Å². The summed E-state index contributed by atoms with van der Waals surface area (Å²) in [6.07, 6.45) is 3.48. The number of aryl methyl sites for hydroxylation is 2. The SMILES string of the molecule is Cc1cc(O)cc(C)c1CC[C@H](NC(=O)CN)C(=O)N[C@@H](CCCCN)c1nc(Cc2ccccc2)no1. The van der Waals surface area contributed by atoms with Gasteiger partial charge in [-0.25, -0.2) is 0 Å². The second-order valence-corrected chi connectivity index (χ2v) is 9.48. The van der Waals surface area contributed by atoms with E-state index in [1.54, 1.807) is 12.1 Å². The Morgan fingerprint density at radius 3 is 2.39 bits per heavy atom. The number of carbonyl (C=O) groups is 2. The van der Waals surface area contributed by atoms with E-state index in [9.17, 15) is 14.7 Å². The standard InChI is InChI=1S/C28H38N6O4/c1-18-14-21(35)15-19(2)22(18)11-12-23(31-26(36)17-30)27(37)32-24(10-6-7-13-29)28-33-25(34-38-28)16-20-8-4-3-5-9-20/h3-5,8-9,14-15,23-24,35H,6-7,10-13,16-17,29-30H2,1-2H3,(H,31,36)(H,32,37)/t23-,24-/m0/s1. The average molecular weight is 523 g/mol. The van der Waals surface area contributed by atoms with Gasteiger partial charge in [-0.15, -0.1) is 0 Å². The van der Waals surface area contributed by atoms with Crippen LogP contribution < -0.4 is 22.1 Å². The number of unbranched alkanes of at least 4 members (excludes halogenated alkanes) is 1. The maximum Gasteiger partial charge on any atom is 0.249 e. The Hall–Kier alpha value is -3.76. The molecule has 0 unspecified atom stereocenters. The summed E-state index contributed by atoms with van der Waals surface area (Å²) >= 11 is 0. The van der Waals surface area contributed by atoms with Gasteiger partial charge in [-0.1, -0.05) is 35.5 Å². The van der Waals surface area contributed by atoms with Crippen LogP contribution >= 0.6 is 0 Å². The van der Waals surface area contributed by atoms with Gasteiger partial charge in [0.1, 0.15) is 17.8 Å². The third-order valence-corrected chi connectivity index (χ3v) is 6.45. The van der Waals surface area contributed by atoms with Crippen LogP contribution in [0.3, 0.4) is 0 Å². The first-order chi connectivity index (χ1) is 18.3. The van der Waals surface area contributed by atoms with Crippen LogP contribution in [0.5, 0.6) is 5.75 Å². The fourth-order valence-corrected chi connectivity index (χ4v) is 4.46. The van der Waals surface area contributed by atoms with Gasteiger partial charge in [0.15, 0.2) is 5.82 Å². The molecule has 2 amide bonds. The smallest absolute Gasteiger partial charge is 0.249 e. The largest absolute Gasteiger partial charge is 0.508 e. The third-order valence-electron chi connectivity index (χ3n) is 6.45. The number of rotatable bonds is 14. The summed E-state index contributed by atoms with van der Waals surface area (Å²) in [7, 11) is 0. The minimum atomic E-state index is -0.817. The molecule has 0 saturated heterocycles. The van der Waals surface area contributed by atoms with Crippen LogP contribution in [0, 0.1) is 13.8 Å². The zero-order chi connectivity index (χ0) is 27.5. The van der Waals surface area contributed by atoms with Gasteiger partial charge in [-0.3, -0.25) is 9.59 Å². The van der Waals surface area contributed by atoms with E-state index in [0.29, 0.717) is 43.9 Å². The molecule has 0 saturated carbocycles. The molecule has 2 atom stereocenters. The molecular weight excluding hydrogens is 484 g/mol. The fraction of sp³-hybridized carbons (Fsp3) is 0.429. The molecule has 1 heterocycles. The Morgan fingerprint density at radius 1 is 1.03 bits per heavy atom. The highest BCUT2D eigenvalue weighted by molar-refractivity contribution is 5.88. The molecule has 0 aliphatic carbocycles. The predicted octanol–water partition coefficient (Wildman–Crippen LogP) is 2.35. The number of nitrogens with zero attached hydrogens (tertiary/aromatic N) is 2. The number of nitrogens with two attached hydrogens (primary N) is 2. The molecule has 0 aliphatic heterocycles. The lowest BCUT2D eigenvalue weighted by atomic mass is 9.95. The fourth-order valence-electron chi connectivity index (χ4n) is 4.46. The Balaban J connectivity index is 1.76. The van der Waals surface area contributed by atoms with E-state index in [4.69, 9.17) is 16.0 Å². The molecule has 0 aliphatic rings. The molecule has 0 spiro atoms. The molecule has 204 valence electrons. The summed E-state index contributed by atoms with van der Waals surface area (Å²) in [4.78, 5) is 30.1. The van der Waals surface area contributed by atoms with Gasteiger partial charge < -0.3 is 31.7 Å². The van der Waals surface area contributed by atoms with E-state index in [0.717, 1.165) is 35.1 Å². The van der Waals surface area contributed by atoms with Crippen LogP contribution in [0.25, 0.3) is 0 Å². The van der Waals surface area contributed by atoms with Crippen LogP contribution in [-0.2, 0) is 22.4 Å². The second kappa shape index (κ2) is 14.3. The number of carbonyl (C=O) groups excluding carboxylic acids is 2. The summed E-state index contributed by atoms with van der Waals surface area (Å²) in [6, 6.07) is 11.8. The Morgan fingerprint density at radius 2 is 1.74 bits per heavy atom. The van der Waals surface area contributed by atoms with Crippen LogP contribution in [0.2, 0.25) is 0 Å². The number of aromatic hydroxyl groups is 1. The highest BCUT2D eigenvalue weighted by Gasteiger charge is 2.27. The number of phenolic OH excluding ortho intramolecular Hbond substituents is 1. The Labute approximate surface area is 223 Å². The first kappa shape index (κ1) is 28.8. The molecule has 2 aromatic carbocycles. The monoisotopic (exact) mass is 522 g/mol. The molecule has 7 N–H and O–H groups in total. The van der Waals surface area contributed by atoms with Gasteiger partial charge in [0, 0.05) is 6.42 Å². The minimum absolute atomic E-state index is 0.195. The third kappa shape index (κ3) is 8.39. The predicted molar refractivity (Wildman–Crippen MR) is 144 cm³/mol. The zero-order valence-corrected chi connectivity index (χ0v) is 22.1. The molecule has 0 fully saturated rings. The maximum absolute atomic E-state index is 13.4. The molecule has 3 rings (SSSR count). The molecule has 0 bridgehead atoms. The molecule has 0 radical (unpaired) electrons. The number of nitrogens with one attached hydrogen (secondary N) is 2. The lowest BCUT2D eigenvalue weighted by molar-refractivity contribution is -0.129. The van der Waals surface area contributed by atoms with Crippen molar-refractivity contribution in [3.63, 3.8) is 0 Å². The van der Waals surface area contributed by atoms with Crippen LogP contribution in [0.1, 0.15) is 65.7 Å². The number of amides is 2. The quantitative estimate of drug-likeness (QED) is 0.201. The van der Waals surface area contributed by atoms with E-state index >= 15 is 0 Å². The highest BCUT2D eigenvalue weighted by Crippen LogP contribution is 2.23. The highest BCUT2D eigenvalue weighted by atomic mass is 16.5. The molecule has 10 heteroatoms. The van der Waals surface area contributed by atoms with Crippen molar-refractivity contribution in [1.82, 2.24) is 20.8 Å². The Kier molecular flexibility index (Phi) is 10.8. The first-order valence-electron chi connectivity index (χ1n) is 13.0. The summed E-state index contributed by atoms with van der Waals surface area (Å²) in [6.45, 7) is 4.12. The summed E-state index contributed by atoms with van der Waals surface area (Å²) in [5.74, 6) is 0.250. The van der Waals surface area contributed by atoms with Gasteiger partial charge in [-0.2, -0.15) is 4.98 Å². The van der Waals surface area contributed by atoms with Gasteiger partial charge in [0.25, 0.3) is 0 Å². The lowest BCUT2D eigenvalue weighted by Crippen LogP contribution is -2.49. The van der Waals surface area contributed by atoms with Crippen molar-refractivity contribution in [3.05, 3.63) is 76.4 Å². The molecule has 3 aromatic rings. The van der Waals surface area contributed by atoms with Crippen molar-refractivity contribution in [3.8, 4) is 5.75 Å². The van der Waals surface area contributed by atoms with E-state index < -0.39 is 18.0 Å². The van der Waals surface area contributed by atoms with Crippen molar-refractivity contribution >= 4 is 11.8 Å².